The van der Waals surface area contributed by atoms with E-state index in [0.29, 0.717) is 46.0 Å². The average molecular weight is 574 g/mol. The molecule has 1 aliphatic rings. The summed E-state index contributed by atoms with van der Waals surface area (Å²) in [7, 11) is 4.71. The molecule has 10 nitrogen and oxygen atoms in total. The number of thioether (sulfide) groups is 1. The number of nitrogens with one attached hydrogen (secondary N) is 1. The number of anilines is 1. The van der Waals surface area contributed by atoms with Crippen molar-refractivity contribution in [2.75, 3.05) is 38.5 Å². The van der Waals surface area contributed by atoms with E-state index >= 15 is 0 Å². The fraction of sp³-hybridized carbons (Fsp3) is 0.267. The van der Waals surface area contributed by atoms with Gasteiger partial charge in [-0.1, -0.05) is 36.0 Å². The zero-order valence-electron chi connectivity index (χ0n) is 23.1. The number of nitrogens with zero attached hydrogens (tertiary/aromatic N) is 4. The number of hydrogen-bond donors (Lipinski definition) is 1. The van der Waals surface area contributed by atoms with Gasteiger partial charge in [-0.2, -0.15) is 0 Å². The number of aryl methyl sites for hydroxylation is 1. The maximum Gasteiger partial charge on any atom is 0.251 e. The van der Waals surface area contributed by atoms with Crippen molar-refractivity contribution in [3.8, 4) is 22.9 Å². The van der Waals surface area contributed by atoms with Crippen molar-refractivity contribution >= 4 is 29.3 Å². The molecule has 2 amide bonds. The number of fused-ring (bicyclic) bond motifs is 1. The molecule has 5 rings (SSSR count). The summed E-state index contributed by atoms with van der Waals surface area (Å²) in [6, 6.07) is 20.3. The number of hydrogen-bond acceptors (Lipinski definition) is 8. The fourth-order valence-electron chi connectivity index (χ4n) is 4.74. The summed E-state index contributed by atoms with van der Waals surface area (Å²) >= 11 is 1.28. The maximum atomic E-state index is 13.4. The van der Waals surface area contributed by atoms with Crippen LogP contribution in [0.2, 0.25) is 0 Å². The molecule has 3 aromatic carbocycles. The van der Waals surface area contributed by atoms with E-state index in [1.165, 1.54) is 17.3 Å². The second-order valence-electron chi connectivity index (χ2n) is 9.25. The Morgan fingerprint density at radius 1 is 0.902 bits per heavy atom. The van der Waals surface area contributed by atoms with Gasteiger partial charge in [-0.25, -0.2) is 0 Å². The van der Waals surface area contributed by atoms with Crippen molar-refractivity contribution in [2.45, 2.75) is 24.5 Å². The third-order valence-corrected chi connectivity index (χ3v) is 7.72. The molecule has 0 unspecified atom stereocenters. The summed E-state index contributed by atoms with van der Waals surface area (Å²) in [5.74, 6) is 2.08. The van der Waals surface area contributed by atoms with Crippen molar-refractivity contribution in [1.82, 2.24) is 20.1 Å². The number of rotatable bonds is 10. The number of ether oxygens (including phenoxy) is 3. The summed E-state index contributed by atoms with van der Waals surface area (Å²) in [5, 5.41) is 12.2. The largest absolute Gasteiger partial charge is 0.497 e. The highest BCUT2D eigenvalue weighted by molar-refractivity contribution is 7.99. The predicted octanol–water partition coefficient (Wildman–Crippen LogP) is 4.29. The Morgan fingerprint density at radius 2 is 1.71 bits per heavy atom. The Balaban J connectivity index is 1.42. The van der Waals surface area contributed by atoms with Gasteiger partial charge in [0.2, 0.25) is 5.91 Å². The Kier molecular flexibility index (Phi) is 8.73. The second-order valence-corrected chi connectivity index (χ2v) is 10.2. The van der Waals surface area contributed by atoms with Crippen molar-refractivity contribution in [3.05, 3.63) is 83.7 Å². The predicted molar refractivity (Wildman–Crippen MR) is 156 cm³/mol. The second kappa shape index (κ2) is 12.8. The van der Waals surface area contributed by atoms with Gasteiger partial charge >= 0.3 is 0 Å². The van der Waals surface area contributed by atoms with Crippen LogP contribution in [0.15, 0.2) is 71.9 Å². The van der Waals surface area contributed by atoms with Crippen LogP contribution in [0.1, 0.15) is 28.2 Å². The van der Waals surface area contributed by atoms with Gasteiger partial charge in [0.25, 0.3) is 5.91 Å². The Bertz CT molecular complexity index is 1560. The van der Waals surface area contributed by atoms with Crippen molar-refractivity contribution in [1.29, 1.82) is 0 Å². The summed E-state index contributed by atoms with van der Waals surface area (Å²) in [6.07, 6.45) is 1.88. The van der Waals surface area contributed by atoms with E-state index < -0.39 is 0 Å². The number of methoxy groups -OCH3 is 3. The van der Waals surface area contributed by atoms with Gasteiger partial charge in [0.05, 0.1) is 39.3 Å². The Morgan fingerprint density at radius 3 is 2.51 bits per heavy atom. The lowest BCUT2D eigenvalue weighted by Gasteiger charge is -2.29. The van der Waals surface area contributed by atoms with E-state index in [4.69, 9.17) is 14.2 Å². The molecule has 1 aliphatic heterocycles. The number of carbonyl (C=O) groups excluding carboxylic acids is 2. The third kappa shape index (κ3) is 6.14. The minimum Gasteiger partial charge on any atom is -0.497 e. The van der Waals surface area contributed by atoms with E-state index in [2.05, 4.69) is 21.6 Å². The molecule has 0 radical (unpaired) electrons. The lowest BCUT2D eigenvalue weighted by Crippen LogP contribution is -2.36. The average Bonchev–Trinajstić information content (AvgIpc) is 3.44. The van der Waals surface area contributed by atoms with Gasteiger partial charge in [-0.15, -0.1) is 10.2 Å². The first-order valence-electron chi connectivity index (χ1n) is 13.1. The van der Waals surface area contributed by atoms with Crippen LogP contribution in [0.3, 0.4) is 0 Å². The summed E-state index contributed by atoms with van der Waals surface area (Å²) in [6.45, 7) is 0.756. The first kappa shape index (κ1) is 28.0. The van der Waals surface area contributed by atoms with E-state index in [-0.39, 0.29) is 24.1 Å². The van der Waals surface area contributed by atoms with Crippen LogP contribution in [0.25, 0.3) is 5.69 Å². The van der Waals surface area contributed by atoms with Crippen molar-refractivity contribution in [2.24, 2.45) is 0 Å². The maximum absolute atomic E-state index is 13.4. The summed E-state index contributed by atoms with van der Waals surface area (Å²) in [4.78, 5) is 28.1. The lowest BCUT2D eigenvalue weighted by atomic mass is 10.0. The molecule has 0 saturated carbocycles. The molecule has 0 fully saturated rings. The van der Waals surface area contributed by atoms with Gasteiger partial charge in [-0.3, -0.25) is 14.2 Å². The molecule has 1 N–H and O–H groups in total. The minimum absolute atomic E-state index is 0.0119. The molecule has 2 heterocycles. The first-order chi connectivity index (χ1) is 20.0. The molecule has 41 heavy (non-hydrogen) atoms. The Hall–Kier alpha value is -4.51. The molecule has 0 atom stereocenters. The van der Waals surface area contributed by atoms with Crippen LogP contribution in [-0.4, -0.2) is 60.2 Å². The van der Waals surface area contributed by atoms with Crippen LogP contribution in [-0.2, 0) is 17.8 Å². The molecule has 0 saturated heterocycles. The Labute approximate surface area is 242 Å². The molecule has 0 bridgehead atoms. The molecule has 4 aromatic rings. The van der Waals surface area contributed by atoms with Crippen LogP contribution in [0.5, 0.6) is 17.2 Å². The van der Waals surface area contributed by atoms with Gasteiger partial charge < -0.3 is 24.4 Å². The molecule has 0 spiro atoms. The molecule has 1 aromatic heterocycles. The molecular formula is C30H31N5O5S. The fourth-order valence-corrected chi connectivity index (χ4v) is 5.58. The molecular weight excluding hydrogens is 542 g/mol. The smallest absolute Gasteiger partial charge is 0.251 e. The number of aromatic nitrogens is 3. The number of carbonyl (C=O) groups is 2. The highest BCUT2D eigenvalue weighted by atomic mass is 32.2. The van der Waals surface area contributed by atoms with Crippen LogP contribution >= 0.6 is 11.8 Å². The topological polar surface area (TPSA) is 108 Å². The number of benzene rings is 3. The minimum atomic E-state index is -0.288. The van der Waals surface area contributed by atoms with Crippen molar-refractivity contribution in [3.63, 3.8) is 0 Å². The third-order valence-electron chi connectivity index (χ3n) is 6.80. The standard InChI is InChI=1S/C30H31N5O5S/c1-38-22-11-6-9-21(16-22)29(37)31-18-27-32-33-30(35(27)25-17-23(39-2)13-14-26(25)40-3)41-19-28(36)34-15-7-10-20-8-4-5-12-24(20)34/h4-6,8-9,11-14,16-17H,7,10,15,18-19H2,1-3H3,(H,31,37). The van der Waals surface area contributed by atoms with E-state index in [1.807, 2.05) is 29.2 Å². The highest BCUT2D eigenvalue weighted by Gasteiger charge is 2.25. The summed E-state index contributed by atoms with van der Waals surface area (Å²) < 4.78 is 18.1. The van der Waals surface area contributed by atoms with Gasteiger partial charge in [-0.05, 0) is 54.8 Å². The van der Waals surface area contributed by atoms with Crippen molar-refractivity contribution < 1.29 is 23.8 Å². The summed E-state index contributed by atoms with van der Waals surface area (Å²) in [5.41, 5.74) is 3.22. The zero-order valence-corrected chi connectivity index (χ0v) is 23.9. The number of para-hydroxylation sites is 1. The van der Waals surface area contributed by atoms with E-state index in [9.17, 15) is 9.59 Å². The van der Waals surface area contributed by atoms with E-state index in [1.54, 1.807) is 62.3 Å². The van der Waals surface area contributed by atoms with Crippen LogP contribution in [0.4, 0.5) is 5.69 Å². The van der Waals surface area contributed by atoms with Gasteiger partial charge in [0.15, 0.2) is 11.0 Å². The molecule has 11 heteroatoms. The zero-order chi connectivity index (χ0) is 28.8. The van der Waals surface area contributed by atoms with Gasteiger partial charge in [0.1, 0.15) is 17.2 Å². The normalized spacial score (nSPS) is 12.4. The SMILES string of the molecule is COc1cccc(C(=O)NCc2nnc(SCC(=O)N3CCCc4ccccc43)n2-c2cc(OC)ccc2OC)c1. The lowest BCUT2D eigenvalue weighted by molar-refractivity contribution is -0.116. The number of amides is 2. The van der Waals surface area contributed by atoms with Gasteiger partial charge in [0, 0.05) is 23.9 Å². The molecule has 212 valence electrons. The highest BCUT2D eigenvalue weighted by Crippen LogP contribution is 2.33. The molecule has 0 aliphatic carbocycles. The quantitative estimate of drug-likeness (QED) is 0.280. The van der Waals surface area contributed by atoms with E-state index in [0.717, 1.165) is 18.5 Å². The monoisotopic (exact) mass is 573 g/mol. The first-order valence-corrected chi connectivity index (χ1v) is 14.1. The van der Waals surface area contributed by atoms with Crippen LogP contribution in [0, 0.1) is 0 Å². The van der Waals surface area contributed by atoms with Crippen LogP contribution < -0.4 is 24.4 Å².